The van der Waals surface area contributed by atoms with Gasteiger partial charge in [-0.15, -0.1) is 0 Å². The number of aromatic nitrogens is 1. The van der Waals surface area contributed by atoms with Crippen molar-refractivity contribution in [2.45, 2.75) is 12.8 Å². The molecule has 0 saturated carbocycles. The summed E-state index contributed by atoms with van der Waals surface area (Å²) in [6.45, 7) is 4.38. The highest BCUT2D eigenvalue weighted by Crippen LogP contribution is 2.22. The normalized spacial score (nSPS) is 15.2. The summed E-state index contributed by atoms with van der Waals surface area (Å²) in [5, 5.41) is 4.03. The number of ether oxygens (including phenoxy) is 2. The summed E-state index contributed by atoms with van der Waals surface area (Å²) < 4.78 is 12.8. The van der Waals surface area contributed by atoms with Crippen molar-refractivity contribution in [3.8, 4) is 11.5 Å². The van der Waals surface area contributed by atoms with Crippen molar-refractivity contribution in [2.75, 3.05) is 39.9 Å². The Labute approximate surface area is 177 Å². The van der Waals surface area contributed by atoms with Crippen LogP contribution in [0.4, 0.5) is 4.79 Å². The molecule has 6 heteroatoms. The summed E-state index contributed by atoms with van der Waals surface area (Å²) in [6, 6.07) is 17.6. The molecule has 0 bridgehead atoms. The number of fused-ring (bicyclic) bond motifs is 1. The second kappa shape index (κ2) is 9.67. The number of nitrogens with zero attached hydrogens (tertiary/aromatic N) is 2. The van der Waals surface area contributed by atoms with E-state index in [0.717, 1.165) is 61.5 Å². The number of piperidine rings is 1. The fourth-order valence-electron chi connectivity index (χ4n) is 3.94. The van der Waals surface area contributed by atoms with Crippen LogP contribution in [-0.2, 0) is 0 Å². The molecular weight excluding hydrogens is 378 g/mol. The van der Waals surface area contributed by atoms with Crippen LogP contribution in [0.15, 0.2) is 60.8 Å². The number of rotatable bonds is 7. The van der Waals surface area contributed by atoms with Crippen molar-refractivity contribution in [2.24, 2.45) is 5.92 Å². The van der Waals surface area contributed by atoms with Gasteiger partial charge in [0.2, 0.25) is 0 Å². The minimum atomic E-state index is -0.0960. The lowest BCUT2D eigenvalue weighted by Gasteiger charge is -2.31. The van der Waals surface area contributed by atoms with Crippen molar-refractivity contribution < 1.29 is 14.3 Å². The lowest BCUT2D eigenvalue weighted by molar-refractivity contribution is 0.142. The van der Waals surface area contributed by atoms with Gasteiger partial charge < -0.3 is 19.7 Å². The first-order valence-corrected chi connectivity index (χ1v) is 10.6. The fraction of sp³-hybridized carbons (Fsp3) is 0.375. The number of hydrogen-bond acceptors (Lipinski definition) is 4. The Balaban J connectivity index is 1.19. The van der Waals surface area contributed by atoms with Gasteiger partial charge in [-0.1, -0.05) is 18.2 Å². The molecule has 0 unspecified atom stereocenters. The second-order valence-electron chi connectivity index (χ2n) is 7.75. The third-order valence-corrected chi connectivity index (χ3v) is 5.76. The fourth-order valence-corrected chi connectivity index (χ4v) is 3.94. The van der Waals surface area contributed by atoms with E-state index < -0.39 is 0 Å². The molecule has 1 saturated heterocycles. The number of likely N-dealkylation sites (tertiary alicyclic amines) is 1. The lowest BCUT2D eigenvalue weighted by Crippen LogP contribution is -2.41. The smallest absolute Gasteiger partial charge is 0.326 e. The molecule has 0 spiro atoms. The van der Waals surface area contributed by atoms with Crippen LogP contribution >= 0.6 is 0 Å². The zero-order valence-corrected chi connectivity index (χ0v) is 17.4. The van der Waals surface area contributed by atoms with Gasteiger partial charge in [-0.2, -0.15) is 0 Å². The molecular formula is C24H29N3O3. The first-order valence-electron chi connectivity index (χ1n) is 10.6. The Morgan fingerprint density at radius 1 is 1.07 bits per heavy atom. The molecule has 0 radical (unpaired) electrons. The summed E-state index contributed by atoms with van der Waals surface area (Å²) in [5.74, 6) is 2.33. The lowest BCUT2D eigenvalue weighted by atomic mass is 9.98. The molecule has 158 valence electrons. The van der Waals surface area contributed by atoms with Gasteiger partial charge in [0, 0.05) is 24.7 Å². The van der Waals surface area contributed by atoms with Gasteiger partial charge in [0.25, 0.3) is 0 Å². The molecule has 1 fully saturated rings. The minimum absolute atomic E-state index is 0.0960. The molecule has 1 N–H and O–H groups in total. The number of methoxy groups -OCH3 is 1. The van der Waals surface area contributed by atoms with Gasteiger partial charge in [-0.25, -0.2) is 4.79 Å². The highest BCUT2D eigenvalue weighted by Gasteiger charge is 2.19. The third kappa shape index (κ3) is 4.94. The van der Waals surface area contributed by atoms with Gasteiger partial charge in [0.05, 0.1) is 19.2 Å². The van der Waals surface area contributed by atoms with E-state index in [1.165, 1.54) is 0 Å². The Kier molecular flexibility index (Phi) is 6.54. The van der Waals surface area contributed by atoms with E-state index >= 15 is 0 Å². The Morgan fingerprint density at radius 3 is 2.63 bits per heavy atom. The number of benzene rings is 2. The summed E-state index contributed by atoms with van der Waals surface area (Å²) in [4.78, 5) is 15.0. The highest BCUT2D eigenvalue weighted by atomic mass is 16.5. The topological polar surface area (TPSA) is 55.7 Å². The molecule has 3 aromatic rings. The number of nitrogens with one attached hydrogen (secondary N) is 1. The van der Waals surface area contributed by atoms with Gasteiger partial charge in [-0.05, 0) is 68.2 Å². The molecule has 1 aromatic heterocycles. The number of para-hydroxylation sites is 1. The van der Waals surface area contributed by atoms with E-state index in [1.54, 1.807) is 17.9 Å². The van der Waals surface area contributed by atoms with Crippen molar-refractivity contribution in [1.29, 1.82) is 0 Å². The van der Waals surface area contributed by atoms with E-state index in [-0.39, 0.29) is 6.03 Å². The van der Waals surface area contributed by atoms with Crippen LogP contribution in [-0.4, -0.2) is 55.4 Å². The Bertz CT molecular complexity index is 962. The van der Waals surface area contributed by atoms with E-state index in [4.69, 9.17) is 9.47 Å². The van der Waals surface area contributed by atoms with Gasteiger partial charge >= 0.3 is 6.03 Å². The van der Waals surface area contributed by atoms with Crippen molar-refractivity contribution in [1.82, 2.24) is 14.8 Å². The van der Waals surface area contributed by atoms with Crippen LogP contribution < -0.4 is 14.8 Å². The largest absolute Gasteiger partial charge is 0.497 e. The van der Waals surface area contributed by atoms with Crippen LogP contribution in [0.3, 0.4) is 0 Å². The van der Waals surface area contributed by atoms with Crippen LogP contribution in [0.5, 0.6) is 11.5 Å². The van der Waals surface area contributed by atoms with Crippen LogP contribution in [0.1, 0.15) is 12.8 Å². The number of hydrogen-bond donors (Lipinski definition) is 1. The molecule has 1 amide bonds. The maximum Gasteiger partial charge on any atom is 0.326 e. The van der Waals surface area contributed by atoms with Crippen LogP contribution in [0.25, 0.3) is 10.9 Å². The summed E-state index contributed by atoms with van der Waals surface area (Å²) in [5.41, 5.74) is 0.882. The number of carbonyl (C=O) groups excluding carboxylic acids is 1. The average molecular weight is 408 g/mol. The quantitative estimate of drug-likeness (QED) is 0.643. The summed E-state index contributed by atoms with van der Waals surface area (Å²) >= 11 is 0. The van der Waals surface area contributed by atoms with Crippen molar-refractivity contribution >= 4 is 16.9 Å². The molecule has 2 aromatic carbocycles. The maximum atomic E-state index is 12.6. The second-order valence-corrected chi connectivity index (χ2v) is 7.75. The summed E-state index contributed by atoms with van der Waals surface area (Å²) in [7, 11) is 1.64. The predicted octanol–water partition coefficient (Wildman–Crippen LogP) is 4.00. The minimum Gasteiger partial charge on any atom is -0.497 e. The van der Waals surface area contributed by atoms with Crippen molar-refractivity contribution in [3.63, 3.8) is 0 Å². The Morgan fingerprint density at radius 2 is 1.87 bits per heavy atom. The van der Waals surface area contributed by atoms with E-state index in [2.05, 4.69) is 10.2 Å². The Hall–Kier alpha value is -2.99. The molecule has 0 aliphatic carbocycles. The first kappa shape index (κ1) is 20.3. The monoisotopic (exact) mass is 407 g/mol. The molecule has 0 atom stereocenters. The molecule has 1 aliphatic heterocycles. The number of carbonyl (C=O) groups is 1. The zero-order chi connectivity index (χ0) is 20.8. The third-order valence-electron chi connectivity index (χ3n) is 5.76. The SMILES string of the molecule is COc1ccc2c(ccn2C(=O)NCCN2CCC(COc3ccccc3)CC2)c1. The standard InChI is InChI=1S/C24H29N3O3/c1-29-22-7-8-23-20(17-22)11-15-27(23)24(28)25-12-16-26-13-9-19(10-14-26)18-30-21-5-3-2-4-6-21/h2-8,11,15,17,19H,9-10,12-14,16,18H2,1H3,(H,25,28). The number of amides is 1. The van der Waals surface area contributed by atoms with E-state index in [0.29, 0.717) is 12.5 Å². The van der Waals surface area contributed by atoms with Gasteiger partial charge in [-0.3, -0.25) is 4.57 Å². The maximum absolute atomic E-state index is 12.6. The average Bonchev–Trinajstić information content (AvgIpc) is 3.22. The highest BCUT2D eigenvalue weighted by molar-refractivity contribution is 5.92. The van der Waals surface area contributed by atoms with Crippen LogP contribution in [0, 0.1) is 5.92 Å². The molecule has 30 heavy (non-hydrogen) atoms. The molecule has 4 rings (SSSR count). The predicted molar refractivity (Wildman–Crippen MR) is 118 cm³/mol. The van der Waals surface area contributed by atoms with Crippen molar-refractivity contribution in [3.05, 3.63) is 60.8 Å². The molecule has 6 nitrogen and oxygen atoms in total. The van der Waals surface area contributed by atoms with E-state index in [9.17, 15) is 4.79 Å². The zero-order valence-electron chi connectivity index (χ0n) is 17.4. The molecule has 1 aliphatic rings. The molecule has 2 heterocycles. The van der Waals surface area contributed by atoms with Gasteiger partial charge in [0.15, 0.2) is 0 Å². The van der Waals surface area contributed by atoms with Gasteiger partial charge in [0.1, 0.15) is 11.5 Å². The van der Waals surface area contributed by atoms with Crippen LogP contribution in [0.2, 0.25) is 0 Å². The summed E-state index contributed by atoms with van der Waals surface area (Å²) in [6.07, 6.45) is 4.06. The first-order chi connectivity index (χ1) is 14.7. The van der Waals surface area contributed by atoms with E-state index in [1.807, 2.05) is 54.6 Å².